The van der Waals surface area contributed by atoms with Crippen LogP contribution in [0.25, 0.3) is 0 Å². The molecule has 4 heterocycles. The van der Waals surface area contributed by atoms with E-state index in [1.807, 2.05) is 24.4 Å². The van der Waals surface area contributed by atoms with Gasteiger partial charge in [-0.05, 0) is 31.0 Å². The molecule has 0 atom stereocenters. The Kier molecular flexibility index (Phi) is 5.59. The zero-order valence-corrected chi connectivity index (χ0v) is 16.3. The highest BCUT2D eigenvalue weighted by molar-refractivity contribution is 6.32. The fourth-order valence-electron chi connectivity index (χ4n) is 3.71. The number of hydrogen-bond acceptors (Lipinski definition) is 7. The van der Waals surface area contributed by atoms with Gasteiger partial charge in [0.05, 0.1) is 18.2 Å². The van der Waals surface area contributed by atoms with E-state index in [0.29, 0.717) is 6.04 Å². The molecule has 0 radical (unpaired) electrons. The Morgan fingerprint density at radius 1 is 1.04 bits per heavy atom. The van der Waals surface area contributed by atoms with Gasteiger partial charge in [0.2, 0.25) is 5.95 Å². The number of anilines is 3. The van der Waals surface area contributed by atoms with Crippen molar-refractivity contribution in [2.24, 2.45) is 0 Å². The van der Waals surface area contributed by atoms with Crippen LogP contribution in [0.5, 0.6) is 0 Å². The minimum Gasteiger partial charge on any atom is -0.378 e. The summed E-state index contributed by atoms with van der Waals surface area (Å²) in [4.78, 5) is 20.4. The largest absolute Gasteiger partial charge is 0.378 e. The van der Waals surface area contributed by atoms with Crippen LogP contribution in [0.4, 0.5) is 17.6 Å². The van der Waals surface area contributed by atoms with Crippen LogP contribution < -0.4 is 14.7 Å². The first-order valence-corrected chi connectivity index (χ1v) is 9.84. The molecule has 2 aliphatic rings. The van der Waals surface area contributed by atoms with Gasteiger partial charge in [0.1, 0.15) is 11.6 Å². The molecule has 0 spiro atoms. The lowest BCUT2D eigenvalue weighted by Gasteiger charge is -2.38. The molecule has 27 heavy (non-hydrogen) atoms. The highest BCUT2D eigenvalue weighted by Crippen LogP contribution is 2.28. The van der Waals surface area contributed by atoms with Gasteiger partial charge in [-0.2, -0.15) is 4.98 Å². The molecule has 0 unspecified atom stereocenters. The van der Waals surface area contributed by atoms with Gasteiger partial charge in [-0.3, -0.25) is 0 Å². The summed E-state index contributed by atoms with van der Waals surface area (Å²) in [7, 11) is 2.12. The van der Waals surface area contributed by atoms with Gasteiger partial charge in [-0.25, -0.2) is 9.97 Å². The van der Waals surface area contributed by atoms with E-state index in [1.165, 1.54) is 0 Å². The molecular formula is C19H25ClN6O. The Balaban J connectivity index is 1.40. The number of pyridine rings is 1. The van der Waals surface area contributed by atoms with Crippen LogP contribution in [-0.4, -0.2) is 67.4 Å². The summed E-state index contributed by atoms with van der Waals surface area (Å²) in [6, 6.07) is 6.20. The predicted molar refractivity (Wildman–Crippen MR) is 108 cm³/mol. The van der Waals surface area contributed by atoms with Crippen molar-refractivity contribution < 1.29 is 4.74 Å². The predicted octanol–water partition coefficient (Wildman–Crippen LogP) is 2.47. The number of morpholine rings is 1. The van der Waals surface area contributed by atoms with Crippen LogP contribution in [-0.2, 0) is 4.74 Å². The molecule has 7 nitrogen and oxygen atoms in total. The highest BCUT2D eigenvalue weighted by atomic mass is 35.5. The standard InChI is InChI=1S/C19H25ClN6O/c1-24(17-4-8-22-19(23-17)26-11-13-27-14-12-26)15-5-9-25(10-6-15)18-16(20)3-2-7-21-18/h2-4,7-8,15H,5-6,9-14H2,1H3. The van der Waals surface area contributed by atoms with E-state index in [2.05, 4.69) is 31.7 Å². The van der Waals surface area contributed by atoms with Crippen LogP contribution in [0.15, 0.2) is 30.6 Å². The van der Waals surface area contributed by atoms with Gasteiger partial charge < -0.3 is 19.4 Å². The van der Waals surface area contributed by atoms with Crippen molar-refractivity contribution in [2.75, 3.05) is 61.1 Å². The first-order valence-electron chi connectivity index (χ1n) is 9.46. The lowest BCUT2D eigenvalue weighted by atomic mass is 10.0. The molecule has 0 N–H and O–H groups in total. The minimum atomic E-state index is 0.441. The van der Waals surface area contributed by atoms with Crippen molar-refractivity contribution in [1.29, 1.82) is 0 Å². The number of ether oxygens (including phenoxy) is 1. The summed E-state index contributed by atoms with van der Waals surface area (Å²) in [5.74, 6) is 2.65. The molecule has 0 bridgehead atoms. The van der Waals surface area contributed by atoms with E-state index >= 15 is 0 Å². The van der Waals surface area contributed by atoms with E-state index in [1.54, 1.807) is 6.20 Å². The number of piperidine rings is 1. The molecule has 0 amide bonds. The molecule has 2 aromatic rings. The summed E-state index contributed by atoms with van der Waals surface area (Å²) in [6.45, 7) is 5.03. The molecule has 2 aliphatic heterocycles. The third-order valence-corrected chi connectivity index (χ3v) is 5.63. The quantitative estimate of drug-likeness (QED) is 0.797. The first kappa shape index (κ1) is 18.3. The number of hydrogen-bond donors (Lipinski definition) is 0. The second kappa shape index (κ2) is 8.27. The smallest absolute Gasteiger partial charge is 0.227 e. The van der Waals surface area contributed by atoms with Crippen molar-refractivity contribution in [3.05, 3.63) is 35.6 Å². The number of halogens is 1. The Labute approximate surface area is 164 Å². The lowest BCUT2D eigenvalue weighted by molar-refractivity contribution is 0.122. The summed E-state index contributed by atoms with van der Waals surface area (Å²) >= 11 is 6.30. The molecule has 0 aromatic carbocycles. The van der Waals surface area contributed by atoms with Gasteiger partial charge >= 0.3 is 0 Å². The maximum atomic E-state index is 6.30. The molecular weight excluding hydrogens is 364 g/mol. The third-order valence-electron chi connectivity index (χ3n) is 5.33. The van der Waals surface area contributed by atoms with E-state index in [-0.39, 0.29) is 0 Å². The Bertz CT molecular complexity index is 761. The molecule has 0 saturated carbocycles. The zero-order chi connectivity index (χ0) is 18.6. The van der Waals surface area contributed by atoms with E-state index in [0.717, 1.165) is 74.8 Å². The Morgan fingerprint density at radius 2 is 1.81 bits per heavy atom. The van der Waals surface area contributed by atoms with Crippen molar-refractivity contribution in [3.8, 4) is 0 Å². The summed E-state index contributed by atoms with van der Waals surface area (Å²) in [5, 5.41) is 0.718. The maximum absolute atomic E-state index is 6.30. The second-order valence-electron chi connectivity index (χ2n) is 6.95. The van der Waals surface area contributed by atoms with Crippen LogP contribution in [0.3, 0.4) is 0 Å². The fourth-order valence-corrected chi connectivity index (χ4v) is 3.95. The van der Waals surface area contributed by atoms with Crippen LogP contribution >= 0.6 is 11.6 Å². The topological polar surface area (TPSA) is 57.6 Å². The number of nitrogens with zero attached hydrogens (tertiary/aromatic N) is 6. The van der Waals surface area contributed by atoms with Crippen molar-refractivity contribution in [3.63, 3.8) is 0 Å². The molecule has 2 aromatic heterocycles. The number of rotatable bonds is 4. The van der Waals surface area contributed by atoms with E-state index in [9.17, 15) is 0 Å². The minimum absolute atomic E-state index is 0.441. The van der Waals surface area contributed by atoms with Crippen molar-refractivity contribution in [2.45, 2.75) is 18.9 Å². The molecule has 2 saturated heterocycles. The number of aromatic nitrogens is 3. The highest BCUT2D eigenvalue weighted by Gasteiger charge is 2.25. The Hall–Kier alpha value is -2.12. The van der Waals surface area contributed by atoms with Gasteiger partial charge in [0.25, 0.3) is 0 Å². The first-order chi connectivity index (χ1) is 13.2. The normalized spacial score (nSPS) is 18.6. The van der Waals surface area contributed by atoms with Crippen LogP contribution in [0.2, 0.25) is 5.02 Å². The lowest BCUT2D eigenvalue weighted by Crippen LogP contribution is -2.44. The molecule has 8 heteroatoms. The molecule has 144 valence electrons. The summed E-state index contributed by atoms with van der Waals surface area (Å²) in [5.41, 5.74) is 0. The van der Waals surface area contributed by atoms with E-state index < -0.39 is 0 Å². The Morgan fingerprint density at radius 3 is 2.56 bits per heavy atom. The van der Waals surface area contributed by atoms with Gasteiger partial charge in [0.15, 0.2) is 0 Å². The molecule has 0 aliphatic carbocycles. The van der Waals surface area contributed by atoms with Gasteiger partial charge in [-0.1, -0.05) is 11.6 Å². The SMILES string of the molecule is CN(c1ccnc(N2CCOCC2)n1)C1CCN(c2ncccc2Cl)CC1. The van der Waals surface area contributed by atoms with Crippen molar-refractivity contribution in [1.82, 2.24) is 15.0 Å². The summed E-state index contributed by atoms with van der Waals surface area (Å²) in [6.07, 6.45) is 5.74. The van der Waals surface area contributed by atoms with Crippen molar-refractivity contribution >= 4 is 29.2 Å². The second-order valence-corrected chi connectivity index (χ2v) is 7.36. The molecule has 4 rings (SSSR count). The average Bonchev–Trinajstić information content (AvgIpc) is 2.74. The third kappa shape index (κ3) is 4.09. The average molecular weight is 389 g/mol. The zero-order valence-electron chi connectivity index (χ0n) is 15.6. The van der Waals surface area contributed by atoms with Crippen LogP contribution in [0.1, 0.15) is 12.8 Å². The van der Waals surface area contributed by atoms with Crippen LogP contribution in [0, 0.1) is 0 Å². The monoisotopic (exact) mass is 388 g/mol. The van der Waals surface area contributed by atoms with E-state index in [4.69, 9.17) is 21.3 Å². The molecule has 2 fully saturated rings. The van der Waals surface area contributed by atoms with Gasteiger partial charge in [-0.15, -0.1) is 0 Å². The van der Waals surface area contributed by atoms with Gasteiger partial charge in [0, 0.05) is 51.7 Å². The fraction of sp³-hybridized carbons (Fsp3) is 0.526. The maximum Gasteiger partial charge on any atom is 0.227 e. The summed E-state index contributed by atoms with van der Waals surface area (Å²) < 4.78 is 5.42.